The maximum Gasteiger partial charge on any atom is 0.329 e. The van der Waals surface area contributed by atoms with E-state index in [-0.39, 0.29) is 11.6 Å². The van der Waals surface area contributed by atoms with Gasteiger partial charge in [-0.1, -0.05) is 37.8 Å². The van der Waals surface area contributed by atoms with Crippen LogP contribution in [0.4, 0.5) is 10.7 Å². The molecule has 1 aromatic carbocycles. The zero-order chi connectivity index (χ0) is 18.3. The number of rotatable bonds is 2. The number of imidazole rings is 1. The first-order valence-corrected chi connectivity index (χ1v) is 9.20. The Kier molecular flexibility index (Phi) is 4.12. The number of fused-ring (bicyclic) bond motifs is 1. The van der Waals surface area contributed by atoms with Gasteiger partial charge < -0.3 is 10.2 Å². The minimum absolute atomic E-state index is 0.172. The van der Waals surface area contributed by atoms with Gasteiger partial charge in [-0.25, -0.2) is 14.3 Å². The second-order valence-corrected chi connectivity index (χ2v) is 7.62. The molecular weight excluding hydrogens is 326 g/mol. The molecule has 4 rings (SSSR count). The molecular formula is C20H25N5O. The minimum atomic E-state index is -0.172. The number of likely N-dealkylation sites (N-methyl/N-ethyl adjacent to an activating group) is 1. The van der Waals surface area contributed by atoms with Crippen LogP contribution in [0.3, 0.4) is 0 Å². The van der Waals surface area contributed by atoms with Gasteiger partial charge in [0.25, 0.3) is 0 Å². The summed E-state index contributed by atoms with van der Waals surface area (Å²) in [7, 11) is 2.17. The summed E-state index contributed by atoms with van der Waals surface area (Å²) in [5.74, 6) is 7.10. The van der Waals surface area contributed by atoms with Crippen LogP contribution < -0.4 is 10.2 Å². The van der Waals surface area contributed by atoms with Gasteiger partial charge in [-0.3, -0.25) is 4.90 Å². The molecule has 136 valence electrons. The monoisotopic (exact) mass is 351 g/mol. The molecule has 0 unspecified atom stereocenters. The van der Waals surface area contributed by atoms with Crippen LogP contribution >= 0.6 is 0 Å². The molecule has 1 N–H and O–H groups in total. The van der Waals surface area contributed by atoms with Gasteiger partial charge in [-0.05, 0) is 25.6 Å². The fourth-order valence-electron chi connectivity index (χ4n) is 3.74. The number of para-hydroxylation sites is 2. The highest BCUT2D eigenvalue weighted by Crippen LogP contribution is 2.40. The molecule has 1 aromatic heterocycles. The minimum Gasteiger partial charge on any atom is -0.338 e. The number of aromatic nitrogens is 2. The topological polar surface area (TPSA) is 53.4 Å². The van der Waals surface area contributed by atoms with Gasteiger partial charge in [0.1, 0.15) is 0 Å². The van der Waals surface area contributed by atoms with E-state index in [9.17, 15) is 4.79 Å². The van der Waals surface area contributed by atoms with Gasteiger partial charge in [0.05, 0.1) is 23.1 Å². The van der Waals surface area contributed by atoms with E-state index in [0.717, 1.165) is 36.6 Å². The lowest BCUT2D eigenvalue weighted by molar-refractivity contribution is -0.0136. The molecule has 1 amide bonds. The zero-order valence-corrected chi connectivity index (χ0v) is 15.6. The van der Waals surface area contributed by atoms with E-state index in [0.29, 0.717) is 12.5 Å². The van der Waals surface area contributed by atoms with E-state index in [2.05, 4.69) is 34.0 Å². The molecule has 6 heteroatoms. The number of hydrogen-bond donors (Lipinski definition) is 1. The van der Waals surface area contributed by atoms with Crippen molar-refractivity contribution in [1.29, 1.82) is 0 Å². The quantitative estimate of drug-likeness (QED) is 0.843. The molecule has 2 fully saturated rings. The molecule has 0 radical (unpaired) electrons. The first-order chi connectivity index (χ1) is 12.5. The van der Waals surface area contributed by atoms with Gasteiger partial charge in [-0.15, -0.1) is 0 Å². The van der Waals surface area contributed by atoms with Crippen LogP contribution in [0.2, 0.25) is 0 Å². The smallest absolute Gasteiger partial charge is 0.329 e. The summed E-state index contributed by atoms with van der Waals surface area (Å²) in [6.45, 7) is 7.41. The molecule has 2 aliphatic rings. The number of carbonyl (C=O) groups is 1. The Balaban J connectivity index is 1.59. The largest absolute Gasteiger partial charge is 0.338 e. The van der Waals surface area contributed by atoms with Gasteiger partial charge >= 0.3 is 6.03 Å². The normalized spacial score (nSPS) is 18.4. The van der Waals surface area contributed by atoms with Crippen molar-refractivity contribution in [2.45, 2.75) is 25.8 Å². The highest BCUT2D eigenvalue weighted by molar-refractivity contribution is 5.93. The van der Waals surface area contributed by atoms with Gasteiger partial charge in [0.2, 0.25) is 5.95 Å². The van der Waals surface area contributed by atoms with Crippen molar-refractivity contribution in [3.05, 3.63) is 24.3 Å². The van der Waals surface area contributed by atoms with E-state index in [4.69, 9.17) is 4.98 Å². The number of hydrogen-bond acceptors (Lipinski definition) is 4. The number of amides is 1. The lowest BCUT2D eigenvalue weighted by atomic mass is 9.78. The summed E-state index contributed by atoms with van der Waals surface area (Å²) >= 11 is 0. The van der Waals surface area contributed by atoms with E-state index in [1.165, 1.54) is 6.42 Å². The highest BCUT2D eigenvalue weighted by atomic mass is 16.2. The van der Waals surface area contributed by atoms with E-state index < -0.39 is 0 Å². The van der Waals surface area contributed by atoms with Crippen molar-refractivity contribution in [3.63, 3.8) is 0 Å². The van der Waals surface area contributed by atoms with Gasteiger partial charge in [0.15, 0.2) is 0 Å². The number of nitrogens with zero attached hydrogens (tertiary/aromatic N) is 4. The Morgan fingerprint density at radius 2 is 2.12 bits per heavy atom. The molecule has 3 heterocycles. The second-order valence-electron chi connectivity index (χ2n) is 7.62. The van der Waals surface area contributed by atoms with Crippen LogP contribution in [-0.2, 0) is 0 Å². The Morgan fingerprint density at radius 1 is 1.35 bits per heavy atom. The average Bonchev–Trinajstić information content (AvgIpc) is 2.95. The maximum atomic E-state index is 12.8. The van der Waals surface area contributed by atoms with Crippen molar-refractivity contribution in [2.24, 2.45) is 5.92 Å². The van der Waals surface area contributed by atoms with Gasteiger partial charge in [0, 0.05) is 25.6 Å². The third kappa shape index (κ3) is 2.73. The molecule has 6 nitrogen and oxygen atoms in total. The summed E-state index contributed by atoms with van der Waals surface area (Å²) in [6.07, 6.45) is 1.22. The first kappa shape index (κ1) is 16.9. The molecule has 0 atom stereocenters. The predicted molar refractivity (Wildman–Crippen MR) is 103 cm³/mol. The number of anilines is 1. The van der Waals surface area contributed by atoms with Crippen LogP contribution in [0.5, 0.6) is 0 Å². The maximum absolute atomic E-state index is 12.8. The molecule has 0 bridgehead atoms. The van der Waals surface area contributed by atoms with E-state index in [1.807, 2.05) is 38.1 Å². The molecule has 0 saturated carbocycles. The Hall–Kier alpha value is -2.52. The van der Waals surface area contributed by atoms with Crippen LogP contribution in [0.25, 0.3) is 11.0 Å². The van der Waals surface area contributed by atoms with Crippen LogP contribution in [0.15, 0.2) is 24.3 Å². The van der Waals surface area contributed by atoms with E-state index in [1.54, 1.807) is 4.57 Å². The third-order valence-corrected chi connectivity index (χ3v) is 5.44. The van der Waals surface area contributed by atoms with Crippen molar-refractivity contribution < 1.29 is 4.79 Å². The predicted octanol–water partition coefficient (Wildman–Crippen LogP) is 2.15. The van der Waals surface area contributed by atoms with E-state index >= 15 is 0 Å². The zero-order valence-electron chi connectivity index (χ0n) is 15.6. The van der Waals surface area contributed by atoms with Gasteiger partial charge in [-0.2, -0.15) is 0 Å². The lowest BCUT2D eigenvalue weighted by Gasteiger charge is -2.61. The molecule has 2 aliphatic heterocycles. The Morgan fingerprint density at radius 3 is 2.77 bits per heavy atom. The summed E-state index contributed by atoms with van der Waals surface area (Å²) < 4.78 is 1.69. The van der Waals surface area contributed by atoms with Crippen molar-refractivity contribution >= 4 is 23.0 Å². The molecule has 2 aromatic rings. The summed E-state index contributed by atoms with van der Waals surface area (Å²) in [5.41, 5.74) is 1.95. The number of nitrogens with one attached hydrogen (secondary N) is 1. The average molecular weight is 351 g/mol. The SMILES string of the molecule is CC(C)C#CCNC(=O)n1c(N2CC3(CCN3C)C2)nc2ccccc21. The highest BCUT2D eigenvalue weighted by Gasteiger charge is 2.52. The van der Waals surface area contributed by atoms with Crippen LogP contribution in [0, 0.1) is 17.8 Å². The molecule has 26 heavy (non-hydrogen) atoms. The number of carbonyl (C=O) groups excluding carboxylic acids is 1. The van der Waals surface area contributed by atoms with Crippen molar-refractivity contribution in [1.82, 2.24) is 19.8 Å². The first-order valence-electron chi connectivity index (χ1n) is 9.20. The third-order valence-electron chi connectivity index (χ3n) is 5.44. The number of likely N-dealkylation sites (tertiary alicyclic amines) is 1. The Bertz CT molecular complexity index is 898. The summed E-state index contributed by atoms with van der Waals surface area (Å²) in [5, 5.41) is 2.91. The number of benzene rings is 1. The van der Waals surface area contributed by atoms with Crippen molar-refractivity contribution in [2.75, 3.05) is 38.1 Å². The lowest BCUT2D eigenvalue weighted by Crippen LogP contribution is -2.76. The van der Waals surface area contributed by atoms with Crippen LogP contribution in [-0.4, -0.2) is 59.2 Å². The standard InChI is InChI=1S/C20H25N5O/c1-15(2)7-6-11-21-19(26)25-17-9-5-4-8-16(17)22-18(25)24-13-20(14-24)10-12-23(20)3/h4-5,8-9,15H,10-14H2,1-3H3,(H,21,26). The molecule has 1 spiro atoms. The summed E-state index contributed by atoms with van der Waals surface area (Å²) in [6, 6.07) is 7.61. The fourth-order valence-corrected chi connectivity index (χ4v) is 3.74. The summed E-state index contributed by atoms with van der Waals surface area (Å²) in [4.78, 5) is 22.2. The molecule has 0 aliphatic carbocycles. The second kappa shape index (κ2) is 6.33. The fraction of sp³-hybridized carbons (Fsp3) is 0.500. The van der Waals surface area contributed by atoms with Crippen molar-refractivity contribution in [3.8, 4) is 11.8 Å². The van der Waals surface area contributed by atoms with Crippen LogP contribution in [0.1, 0.15) is 20.3 Å². The molecule has 2 saturated heterocycles. The Labute approximate surface area is 154 Å².